The smallest absolute Gasteiger partial charge is 0.150 e. The van der Waals surface area contributed by atoms with Crippen LogP contribution in [-0.4, -0.2) is 30.6 Å². The second kappa shape index (κ2) is 5.86. The molecule has 1 heterocycles. The maximum Gasteiger partial charge on any atom is 0.150 e. The molecule has 1 fully saturated rings. The Morgan fingerprint density at radius 2 is 1.89 bits per heavy atom. The highest BCUT2D eigenvalue weighted by atomic mass is 79.9. The second-order valence-electron chi connectivity index (χ2n) is 5.34. The second-order valence-corrected chi connectivity index (χ2v) is 8.69. The van der Waals surface area contributed by atoms with Crippen molar-refractivity contribution in [3.8, 4) is 0 Å². The van der Waals surface area contributed by atoms with Gasteiger partial charge in [-0.2, -0.15) is 0 Å². The Hall–Kier alpha value is 0.130. The molecular weight excluding hydrogens is 392 g/mol. The van der Waals surface area contributed by atoms with Crippen LogP contribution < -0.4 is 0 Å². The molecule has 2 rings (SSSR count). The number of aryl methyl sites for hydroxylation is 1. The summed E-state index contributed by atoms with van der Waals surface area (Å²) in [6.07, 6.45) is 0.758. The standard InChI is InChI=1S/C14H18Br2O2S/c1-11-4-2-3-5-13(11)14(9-15,10-16)12-6-7-19(17,18)8-12/h2-5,12H,6-10H2,1H3. The van der Waals surface area contributed by atoms with Crippen molar-refractivity contribution >= 4 is 41.7 Å². The highest BCUT2D eigenvalue weighted by Gasteiger charge is 2.45. The van der Waals surface area contributed by atoms with E-state index in [-0.39, 0.29) is 11.3 Å². The molecule has 0 aromatic heterocycles. The zero-order valence-corrected chi connectivity index (χ0v) is 14.9. The van der Waals surface area contributed by atoms with Crippen LogP contribution in [0.4, 0.5) is 0 Å². The Bertz CT molecular complexity index is 550. The van der Waals surface area contributed by atoms with Gasteiger partial charge in [-0.3, -0.25) is 0 Å². The first kappa shape index (κ1) is 15.5. The van der Waals surface area contributed by atoms with Crippen molar-refractivity contribution in [1.82, 2.24) is 0 Å². The molecule has 1 aliphatic rings. The minimum absolute atomic E-state index is 0.144. The van der Waals surface area contributed by atoms with Crippen LogP contribution >= 0.6 is 31.9 Å². The van der Waals surface area contributed by atoms with E-state index in [1.807, 2.05) is 12.1 Å². The van der Waals surface area contributed by atoms with Gasteiger partial charge in [0.05, 0.1) is 11.5 Å². The molecule has 1 aromatic rings. The van der Waals surface area contributed by atoms with Gasteiger partial charge in [0.25, 0.3) is 0 Å². The summed E-state index contributed by atoms with van der Waals surface area (Å²) in [5.74, 6) is 0.807. The Labute approximate surface area is 132 Å². The maximum atomic E-state index is 11.8. The number of halogens is 2. The molecule has 0 amide bonds. The largest absolute Gasteiger partial charge is 0.229 e. The van der Waals surface area contributed by atoms with Crippen LogP contribution in [-0.2, 0) is 15.3 Å². The van der Waals surface area contributed by atoms with E-state index in [0.717, 1.165) is 17.1 Å². The minimum atomic E-state index is -2.86. The summed E-state index contributed by atoms with van der Waals surface area (Å²) in [4.78, 5) is 0. The lowest BCUT2D eigenvalue weighted by Gasteiger charge is -2.37. The van der Waals surface area contributed by atoms with Gasteiger partial charge < -0.3 is 0 Å². The molecule has 0 bridgehead atoms. The molecule has 0 spiro atoms. The van der Waals surface area contributed by atoms with E-state index in [0.29, 0.717) is 11.5 Å². The van der Waals surface area contributed by atoms with Crippen LogP contribution in [0.15, 0.2) is 24.3 Å². The number of rotatable bonds is 4. The van der Waals surface area contributed by atoms with Crippen molar-refractivity contribution < 1.29 is 8.42 Å². The van der Waals surface area contributed by atoms with Crippen molar-refractivity contribution in [2.75, 3.05) is 22.2 Å². The predicted octanol–water partition coefficient (Wildman–Crippen LogP) is 3.46. The van der Waals surface area contributed by atoms with Crippen molar-refractivity contribution in [2.45, 2.75) is 18.8 Å². The van der Waals surface area contributed by atoms with E-state index in [1.165, 1.54) is 11.1 Å². The molecule has 0 radical (unpaired) electrons. The summed E-state index contributed by atoms with van der Waals surface area (Å²) in [5, 5.41) is 1.55. The van der Waals surface area contributed by atoms with Crippen LogP contribution in [0.25, 0.3) is 0 Å². The quantitative estimate of drug-likeness (QED) is 0.713. The average Bonchev–Trinajstić information content (AvgIpc) is 2.74. The molecule has 1 atom stereocenters. The molecule has 1 saturated heterocycles. The average molecular weight is 410 g/mol. The van der Waals surface area contributed by atoms with E-state index in [4.69, 9.17) is 0 Å². The van der Waals surface area contributed by atoms with Crippen molar-refractivity contribution in [3.05, 3.63) is 35.4 Å². The number of sulfone groups is 1. The highest BCUT2D eigenvalue weighted by Crippen LogP contribution is 2.43. The van der Waals surface area contributed by atoms with Crippen LogP contribution in [0.3, 0.4) is 0 Å². The van der Waals surface area contributed by atoms with E-state index in [1.54, 1.807) is 0 Å². The molecule has 19 heavy (non-hydrogen) atoms. The van der Waals surface area contributed by atoms with Crippen LogP contribution in [0.1, 0.15) is 17.5 Å². The third-order valence-electron chi connectivity index (χ3n) is 4.17. The van der Waals surface area contributed by atoms with Gasteiger partial charge >= 0.3 is 0 Å². The topological polar surface area (TPSA) is 34.1 Å². The first-order valence-corrected chi connectivity index (χ1v) is 10.4. The van der Waals surface area contributed by atoms with E-state index < -0.39 is 9.84 Å². The van der Waals surface area contributed by atoms with Gasteiger partial charge in [0, 0.05) is 16.1 Å². The first-order valence-electron chi connectivity index (χ1n) is 6.33. The van der Waals surface area contributed by atoms with E-state index in [2.05, 4.69) is 50.9 Å². The molecule has 0 N–H and O–H groups in total. The molecule has 0 aliphatic carbocycles. The summed E-state index contributed by atoms with van der Waals surface area (Å²) in [7, 11) is -2.86. The monoisotopic (exact) mass is 408 g/mol. The lowest BCUT2D eigenvalue weighted by atomic mass is 9.71. The SMILES string of the molecule is Cc1ccccc1C(CBr)(CBr)C1CCS(=O)(=O)C1. The maximum absolute atomic E-state index is 11.8. The predicted molar refractivity (Wildman–Crippen MR) is 87.2 cm³/mol. The summed E-state index contributed by atoms with van der Waals surface area (Å²) >= 11 is 7.25. The van der Waals surface area contributed by atoms with Gasteiger partial charge in [-0.25, -0.2) is 8.42 Å². The van der Waals surface area contributed by atoms with Crippen LogP contribution in [0, 0.1) is 12.8 Å². The van der Waals surface area contributed by atoms with Gasteiger partial charge in [-0.15, -0.1) is 0 Å². The molecule has 2 nitrogen and oxygen atoms in total. The number of benzene rings is 1. The Balaban J connectivity index is 2.47. The lowest BCUT2D eigenvalue weighted by molar-refractivity contribution is 0.368. The first-order chi connectivity index (χ1) is 8.95. The summed E-state index contributed by atoms with van der Waals surface area (Å²) in [6.45, 7) is 2.10. The van der Waals surface area contributed by atoms with E-state index >= 15 is 0 Å². The third kappa shape index (κ3) is 2.93. The number of alkyl halides is 2. The molecule has 1 aromatic carbocycles. The van der Waals surface area contributed by atoms with Gasteiger partial charge in [0.15, 0.2) is 9.84 Å². The van der Waals surface area contributed by atoms with Crippen molar-refractivity contribution in [1.29, 1.82) is 0 Å². The third-order valence-corrected chi connectivity index (χ3v) is 7.94. The fourth-order valence-electron chi connectivity index (χ4n) is 2.98. The zero-order chi connectivity index (χ0) is 14.1. The molecule has 5 heteroatoms. The van der Waals surface area contributed by atoms with Gasteiger partial charge in [0.2, 0.25) is 0 Å². The van der Waals surface area contributed by atoms with Crippen molar-refractivity contribution in [3.63, 3.8) is 0 Å². The summed E-state index contributed by atoms with van der Waals surface area (Å²) in [6, 6.07) is 8.28. The van der Waals surface area contributed by atoms with Gasteiger partial charge in [-0.1, -0.05) is 56.1 Å². The minimum Gasteiger partial charge on any atom is -0.229 e. The fourth-order valence-corrected chi connectivity index (χ4v) is 7.34. The summed E-state index contributed by atoms with van der Waals surface area (Å²) in [5.41, 5.74) is 2.34. The Kier molecular flexibility index (Phi) is 4.79. The Morgan fingerprint density at radius 1 is 1.26 bits per heavy atom. The molecule has 106 valence electrons. The normalized spacial score (nSPS) is 22.6. The molecule has 0 saturated carbocycles. The van der Waals surface area contributed by atoms with Crippen LogP contribution in [0.5, 0.6) is 0 Å². The highest BCUT2D eigenvalue weighted by molar-refractivity contribution is 9.09. The number of hydrogen-bond acceptors (Lipinski definition) is 2. The molecular formula is C14H18Br2O2S. The number of hydrogen-bond donors (Lipinski definition) is 0. The van der Waals surface area contributed by atoms with Gasteiger partial charge in [-0.05, 0) is 30.4 Å². The zero-order valence-electron chi connectivity index (χ0n) is 10.9. The van der Waals surface area contributed by atoms with Crippen molar-refractivity contribution in [2.24, 2.45) is 5.92 Å². The Morgan fingerprint density at radius 3 is 2.37 bits per heavy atom. The van der Waals surface area contributed by atoms with E-state index in [9.17, 15) is 8.42 Å². The lowest BCUT2D eigenvalue weighted by Crippen LogP contribution is -2.40. The molecule has 1 aliphatic heterocycles. The molecule has 1 unspecified atom stereocenters. The van der Waals surface area contributed by atoms with Crippen LogP contribution in [0.2, 0.25) is 0 Å². The summed E-state index contributed by atoms with van der Waals surface area (Å²) < 4.78 is 23.6. The van der Waals surface area contributed by atoms with Gasteiger partial charge in [0.1, 0.15) is 0 Å². The fraction of sp³-hybridized carbons (Fsp3) is 0.571.